The highest BCUT2D eigenvalue weighted by Crippen LogP contribution is 2.33. The average molecular weight is 631 g/mol. The number of nitrogens with one attached hydrogen (secondary N) is 3. The molecular formula is C30H27BrN6O5. The van der Waals surface area contributed by atoms with Crippen LogP contribution in [0.2, 0.25) is 0 Å². The molecule has 42 heavy (non-hydrogen) atoms. The Bertz CT molecular complexity index is 1570. The number of ether oxygens (including phenoxy) is 3. The van der Waals surface area contributed by atoms with Crippen molar-refractivity contribution in [3.05, 3.63) is 112 Å². The molecule has 12 heteroatoms. The quantitative estimate of drug-likeness (QED) is 0.153. The highest BCUT2D eigenvalue weighted by molar-refractivity contribution is 9.10. The van der Waals surface area contributed by atoms with Gasteiger partial charge in [-0.05, 0) is 39.7 Å². The van der Waals surface area contributed by atoms with E-state index in [1.165, 1.54) is 19.7 Å². The number of amides is 2. The van der Waals surface area contributed by atoms with Gasteiger partial charge in [-0.1, -0.05) is 48.5 Å². The van der Waals surface area contributed by atoms with Crippen molar-refractivity contribution < 1.29 is 23.8 Å². The molecule has 11 nitrogen and oxygen atoms in total. The number of hydrogen-bond acceptors (Lipinski definition) is 8. The normalized spacial score (nSPS) is 11.4. The molecule has 0 aliphatic rings. The lowest BCUT2D eigenvalue weighted by Gasteiger charge is -2.16. The molecule has 4 rings (SSSR count). The highest BCUT2D eigenvalue weighted by Gasteiger charge is 2.22. The van der Waals surface area contributed by atoms with Gasteiger partial charge in [0.15, 0.2) is 11.5 Å². The number of nitrogens with zero attached hydrogens (tertiary/aromatic N) is 3. The second kappa shape index (κ2) is 15.0. The van der Waals surface area contributed by atoms with Crippen molar-refractivity contribution >= 4 is 34.1 Å². The molecule has 1 atom stereocenters. The topological polar surface area (TPSA) is 151 Å². The fourth-order valence-electron chi connectivity index (χ4n) is 3.81. The summed E-state index contributed by atoms with van der Waals surface area (Å²) in [6.07, 6.45) is 3.87. The Labute approximate surface area is 250 Å². The van der Waals surface area contributed by atoms with Crippen molar-refractivity contribution in [1.29, 1.82) is 5.26 Å². The molecular weight excluding hydrogens is 604 g/mol. The molecule has 2 amide bonds. The molecule has 0 saturated carbocycles. The summed E-state index contributed by atoms with van der Waals surface area (Å²) in [5.74, 6) is 0.327. The number of carbonyl (C=O) groups is 2. The SMILES string of the molecule is COc1cc(/C=N\NC(=O)[C@H](Cc2cnc[nH]2)NC(=O)OCc2ccccc2)c(Br)cc1OCc1ccccc1C#N. The van der Waals surface area contributed by atoms with Gasteiger partial charge in [0.05, 0.1) is 31.3 Å². The van der Waals surface area contributed by atoms with Crippen molar-refractivity contribution in [2.45, 2.75) is 25.7 Å². The number of aromatic amines is 1. The zero-order chi connectivity index (χ0) is 29.7. The summed E-state index contributed by atoms with van der Waals surface area (Å²) in [7, 11) is 1.50. The Kier molecular flexibility index (Phi) is 10.7. The lowest BCUT2D eigenvalue weighted by molar-refractivity contribution is -0.123. The van der Waals surface area contributed by atoms with Crippen molar-refractivity contribution in [3.8, 4) is 17.6 Å². The first-order valence-electron chi connectivity index (χ1n) is 12.7. The molecule has 0 aliphatic heterocycles. The maximum atomic E-state index is 13.0. The zero-order valence-electron chi connectivity index (χ0n) is 22.5. The second-order valence-electron chi connectivity index (χ2n) is 8.86. The fourth-order valence-corrected chi connectivity index (χ4v) is 4.23. The van der Waals surface area contributed by atoms with E-state index in [-0.39, 0.29) is 19.6 Å². The minimum Gasteiger partial charge on any atom is -0.493 e. The summed E-state index contributed by atoms with van der Waals surface area (Å²) in [5, 5.41) is 16.0. The van der Waals surface area contributed by atoms with Crippen LogP contribution in [-0.2, 0) is 29.2 Å². The number of benzene rings is 3. The van der Waals surface area contributed by atoms with Crippen LogP contribution in [0.3, 0.4) is 0 Å². The molecule has 214 valence electrons. The largest absolute Gasteiger partial charge is 0.493 e. The van der Waals surface area contributed by atoms with Gasteiger partial charge in [0, 0.05) is 33.9 Å². The molecule has 0 fully saturated rings. The Hall–Kier alpha value is -5.15. The van der Waals surface area contributed by atoms with Crippen LogP contribution in [0.4, 0.5) is 4.79 Å². The van der Waals surface area contributed by atoms with E-state index in [0.29, 0.717) is 32.8 Å². The second-order valence-corrected chi connectivity index (χ2v) is 9.71. The molecule has 0 spiro atoms. The zero-order valence-corrected chi connectivity index (χ0v) is 24.1. The number of halogens is 1. The van der Waals surface area contributed by atoms with Crippen LogP contribution in [0.25, 0.3) is 0 Å². The summed E-state index contributed by atoms with van der Waals surface area (Å²) in [5.41, 5.74) is 5.79. The molecule has 0 unspecified atom stereocenters. The number of carbonyl (C=O) groups excluding carboxylic acids is 2. The summed E-state index contributed by atoms with van der Waals surface area (Å²) in [4.78, 5) is 32.3. The van der Waals surface area contributed by atoms with Gasteiger partial charge in [-0.15, -0.1) is 0 Å². The van der Waals surface area contributed by atoms with E-state index in [4.69, 9.17) is 14.2 Å². The first-order chi connectivity index (χ1) is 20.5. The molecule has 4 aromatic rings. The maximum absolute atomic E-state index is 13.0. The fraction of sp³-hybridized carbons (Fsp3) is 0.167. The van der Waals surface area contributed by atoms with E-state index in [9.17, 15) is 14.9 Å². The Morgan fingerprint density at radius 1 is 1.12 bits per heavy atom. The van der Waals surface area contributed by atoms with Gasteiger partial charge in [-0.2, -0.15) is 10.4 Å². The Morgan fingerprint density at radius 2 is 1.90 bits per heavy atom. The number of alkyl carbamates (subject to hydrolysis) is 1. The molecule has 1 heterocycles. The monoisotopic (exact) mass is 630 g/mol. The third-order valence-corrected chi connectivity index (χ3v) is 6.67. The number of aromatic nitrogens is 2. The van der Waals surface area contributed by atoms with Gasteiger partial charge < -0.3 is 24.5 Å². The van der Waals surface area contributed by atoms with E-state index in [2.05, 4.69) is 47.8 Å². The molecule has 0 aliphatic carbocycles. The lowest BCUT2D eigenvalue weighted by Crippen LogP contribution is -2.47. The molecule has 3 aromatic carbocycles. The van der Waals surface area contributed by atoms with Gasteiger partial charge in [-0.3, -0.25) is 4.79 Å². The standard InChI is InChI=1S/C30H27BrN6O5/c1-40-27-11-23(25(31)13-28(27)41-18-22-10-6-5-9-21(22)14-32)15-35-37-29(38)26(12-24-16-33-19-34-24)36-30(39)42-17-20-7-3-2-4-8-20/h2-11,13,15-16,19,26H,12,17-18H2,1H3,(H,33,34)(H,36,39)(H,37,38)/b35-15-/t26-/m0/s1. The predicted molar refractivity (Wildman–Crippen MR) is 158 cm³/mol. The van der Waals surface area contributed by atoms with Crippen molar-refractivity contribution in [1.82, 2.24) is 20.7 Å². The summed E-state index contributed by atoms with van der Waals surface area (Å²) in [6, 6.07) is 20.9. The van der Waals surface area contributed by atoms with E-state index >= 15 is 0 Å². The van der Waals surface area contributed by atoms with Crippen LogP contribution in [0.1, 0.15) is 27.9 Å². The van der Waals surface area contributed by atoms with E-state index in [1.807, 2.05) is 42.5 Å². The van der Waals surface area contributed by atoms with Crippen LogP contribution in [-0.4, -0.2) is 41.3 Å². The van der Waals surface area contributed by atoms with Crippen molar-refractivity contribution in [2.75, 3.05) is 7.11 Å². The van der Waals surface area contributed by atoms with Crippen LogP contribution in [0.5, 0.6) is 11.5 Å². The minimum atomic E-state index is -0.990. The summed E-state index contributed by atoms with van der Waals surface area (Å²) >= 11 is 3.49. The number of hydrazone groups is 1. The molecule has 0 saturated heterocycles. The third kappa shape index (κ3) is 8.42. The van der Waals surface area contributed by atoms with Gasteiger partial charge in [0.1, 0.15) is 19.3 Å². The van der Waals surface area contributed by atoms with Crippen LogP contribution < -0.4 is 20.2 Å². The number of methoxy groups -OCH3 is 1. The molecule has 1 aromatic heterocycles. The molecule has 0 bridgehead atoms. The number of rotatable bonds is 12. The van der Waals surface area contributed by atoms with Gasteiger partial charge in [0.25, 0.3) is 5.91 Å². The summed E-state index contributed by atoms with van der Waals surface area (Å²) in [6.45, 7) is 0.234. The van der Waals surface area contributed by atoms with Crippen molar-refractivity contribution in [2.24, 2.45) is 5.10 Å². The van der Waals surface area contributed by atoms with Crippen LogP contribution in [0, 0.1) is 11.3 Å². The maximum Gasteiger partial charge on any atom is 0.408 e. The minimum absolute atomic E-state index is 0.0592. The highest BCUT2D eigenvalue weighted by atomic mass is 79.9. The van der Waals surface area contributed by atoms with Gasteiger partial charge in [-0.25, -0.2) is 15.2 Å². The van der Waals surface area contributed by atoms with Gasteiger partial charge in [0.2, 0.25) is 0 Å². The van der Waals surface area contributed by atoms with E-state index < -0.39 is 18.0 Å². The predicted octanol–water partition coefficient (Wildman–Crippen LogP) is 4.62. The smallest absolute Gasteiger partial charge is 0.408 e. The lowest BCUT2D eigenvalue weighted by atomic mass is 10.1. The van der Waals surface area contributed by atoms with Crippen LogP contribution >= 0.6 is 15.9 Å². The number of imidazole rings is 1. The Morgan fingerprint density at radius 3 is 2.64 bits per heavy atom. The molecule has 3 N–H and O–H groups in total. The number of nitriles is 1. The number of H-pyrrole nitrogens is 1. The first kappa shape index (κ1) is 29.8. The van der Waals surface area contributed by atoms with Crippen molar-refractivity contribution in [3.63, 3.8) is 0 Å². The average Bonchev–Trinajstić information content (AvgIpc) is 3.53. The molecule has 0 radical (unpaired) electrons. The van der Waals surface area contributed by atoms with E-state index in [0.717, 1.165) is 11.1 Å². The summed E-state index contributed by atoms with van der Waals surface area (Å²) < 4.78 is 17.3. The number of hydrogen-bond donors (Lipinski definition) is 3. The van der Waals surface area contributed by atoms with Crippen LogP contribution in [0.15, 0.2) is 88.8 Å². The Balaban J connectivity index is 1.40. The third-order valence-electron chi connectivity index (χ3n) is 5.98. The van der Waals surface area contributed by atoms with Gasteiger partial charge >= 0.3 is 6.09 Å². The first-order valence-corrected chi connectivity index (χ1v) is 13.5. The van der Waals surface area contributed by atoms with E-state index in [1.54, 1.807) is 30.5 Å².